The van der Waals surface area contributed by atoms with Crippen molar-refractivity contribution in [2.24, 2.45) is 4.99 Å². The van der Waals surface area contributed by atoms with E-state index in [-0.39, 0.29) is 11.1 Å². The van der Waals surface area contributed by atoms with Crippen molar-refractivity contribution in [2.45, 2.75) is 53.7 Å². The summed E-state index contributed by atoms with van der Waals surface area (Å²) >= 11 is 7.99. The van der Waals surface area contributed by atoms with Crippen LogP contribution >= 0.6 is 23.4 Å². The number of hydrogen-bond donors (Lipinski definition) is 2. The van der Waals surface area contributed by atoms with E-state index in [9.17, 15) is 9.90 Å². The van der Waals surface area contributed by atoms with E-state index in [1.54, 1.807) is 39.8 Å². The zero-order valence-corrected chi connectivity index (χ0v) is 22.8. The van der Waals surface area contributed by atoms with Gasteiger partial charge in [0.05, 0.1) is 6.20 Å². The number of nitrogens with one attached hydrogen (secondary N) is 1. The zero-order valence-electron chi connectivity index (χ0n) is 21.2. The Morgan fingerprint density at radius 2 is 2.03 bits per heavy atom. The number of anilines is 2. The number of aliphatic hydroxyl groups is 1. The normalized spacial score (nSPS) is 12.7. The van der Waals surface area contributed by atoms with Crippen LogP contribution in [0.3, 0.4) is 0 Å². The molecule has 1 aromatic heterocycles. The van der Waals surface area contributed by atoms with Crippen molar-refractivity contribution in [1.29, 1.82) is 0 Å². The lowest BCUT2D eigenvalue weighted by Gasteiger charge is -2.20. The maximum absolute atomic E-state index is 12.9. The van der Waals surface area contributed by atoms with Crippen LogP contribution in [0.2, 0.25) is 5.15 Å². The molecule has 1 atom stereocenters. The molecule has 2 N–H and O–H groups in total. The third kappa shape index (κ3) is 8.56. The van der Waals surface area contributed by atoms with E-state index >= 15 is 0 Å². The summed E-state index contributed by atoms with van der Waals surface area (Å²) < 4.78 is 1.64. The molecule has 2 rings (SSSR count). The molecule has 0 saturated carbocycles. The quantitative estimate of drug-likeness (QED) is 0.151. The highest BCUT2D eigenvalue weighted by Crippen LogP contribution is 2.27. The van der Waals surface area contributed by atoms with Gasteiger partial charge < -0.3 is 15.3 Å². The minimum absolute atomic E-state index is 0.0107. The van der Waals surface area contributed by atoms with Crippen molar-refractivity contribution in [3.05, 3.63) is 58.5 Å². The predicted octanol–water partition coefficient (Wildman–Crippen LogP) is 5.83. The Kier molecular flexibility index (Phi) is 11.6. The highest BCUT2D eigenvalue weighted by Gasteiger charge is 2.20. The molecular formula is C26H36ClN5O2S. The van der Waals surface area contributed by atoms with Crippen LogP contribution in [-0.2, 0) is 4.79 Å². The van der Waals surface area contributed by atoms with E-state index in [0.29, 0.717) is 30.8 Å². The van der Waals surface area contributed by atoms with Gasteiger partial charge in [0.2, 0.25) is 5.91 Å². The summed E-state index contributed by atoms with van der Waals surface area (Å²) in [6.07, 6.45) is 7.26. The van der Waals surface area contributed by atoms with Crippen LogP contribution in [0, 0.1) is 20.8 Å². The van der Waals surface area contributed by atoms with Gasteiger partial charge in [-0.05, 0) is 70.4 Å². The van der Waals surface area contributed by atoms with Gasteiger partial charge in [-0.15, -0.1) is 0 Å². The van der Waals surface area contributed by atoms with Crippen molar-refractivity contribution in [3.8, 4) is 0 Å². The second-order valence-electron chi connectivity index (χ2n) is 8.30. The number of halogens is 1. The van der Waals surface area contributed by atoms with E-state index < -0.39 is 6.23 Å². The van der Waals surface area contributed by atoms with Gasteiger partial charge in [0.1, 0.15) is 11.9 Å². The number of carbonyl (C=O) groups is 1. The molecule has 1 unspecified atom stereocenters. The van der Waals surface area contributed by atoms with E-state index in [1.165, 1.54) is 5.56 Å². The third-order valence-corrected chi connectivity index (χ3v) is 6.72. The second kappa shape index (κ2) is 14.1. The molecule has 1 amide bonds. The Hall–Kier alpha value is -2.55. The summed E-state index contributed by atoms with van der Waals surface area (Å²) in [7, 11) is 0. The lowest BCUT2D eigenvalue weighted by molar-refractivity contribution is -0.118. The van der Waals surface area contributed by atoms with E-state index in [2.05, 4.69) is 41.2 Å². The first-order chi connectivity index (χ1) is 16.7. The second-order valence-corrected chi connectivity index (χ2v) is 9.89. The minimum atomic E-state index is -0.636. The first-order valence-electron chi connectivity index (χ1n) is 11.6. The van der Waals surface area contributed by atoms with Crippen LogP contribution in [0.4, 0.5) is 11.4 Å². The Bertz CT molecular complexity index is 1060. The van der Waals surface area contributed by atoms with Gasteiger partial charge in [-0.1, -0.05) is 29.3 Å². The molecule has 0 radical (unpaired) electrons. The molecular weight excluding hydrogens is 482 g/mol. The summed E-state index contributed by atoms with van der Waals surface area (Å²) in [6, 6.07) is 4.21. The Morgan fingerprint density at radius 3 is 2.66 bits per heavy atom. The zero-order chi connectivity index (χ0) is 26.0. The van der Waals surface area contributed by atoms with E-state index in [1.807, 2.05) is 33.8 Å². The fraction of sp³-hybridized carbons (Fsp3) is 0.423. The number of allylic oxidation sites excluding steroid dienone is 3. The molecule has 0 aliphatic rings. The molecule has 0 aliphatic heterocycles. The van der Waals surface area contributed by atoms with Gasteiger partial charge in [0.15, 0.2) is 5.15 Å². The fourth-order valence-corrected chi connectivity index (χ4v) is 4.89. The molecule has 7 nitrogen and oxygen atoms in total. The Balaban J connectivity index is 1.84. The Morgan fingerprint density at radius 1 is 1.34 bits per heavy atom. The molecule has 1 aromatic carbocycles. The summed E-state index contributed by atoms with van der Waals surface area (Å²) in [5.41, 5.74) is 5.86. The van der Waals surface area contributed by atoms with Crippen LogP contribution < -0.4 is 10.2 Å². The Labute approximate surface area is 218 Å². The number of aliphatic imine (C=N–C) groups is 1. The van der Waals surface area contributed by atoms with Gasteiger partial charge in [0, 0.05) is 42.7 Å². The maximum Gasteiger partial charge on any atom is 0.227 e. The van der Waals surface area contributed by atoms with Crippen LogP contribution in [0.1, 0.15) is 43.4 Å². The molecule has 190 valence electrons. The summed E-state index contributed by atoms with van der Waals surface area (Å²) in [5, 5.41) is 18.2. The molecule has 0 aliphatic carbocycles. The molecule has 0 saturated heterocycles. The number of nitrogens with zero attached hydrogens (tertiary/aromatic N) is 4. The van der Waals surface area contributed by atoms with Crippen LogP contribution in [-0.4, -0.2) is 51.8 Å². The van der Waals surface area contributed by atoms with Gasteiger partial charge >= 0.3 is 0 Å². The number of aryl methyl sites for hydroxylation is 3. The van der Waals surface area contributed by atoms with Crippen LogP contribution in [0.5, 0.6) is 0 Å². The van der Waals surface area contributed by atoms with Gasteiger partial charge in [-0.25, -0.2) is 4.68 Å². The first-order valence-corrected chi connectivity index (χ1v) is 13.2. The maximum atomic E-state index is 12.9. The summed E-state index contributed by atoms with van der Waals surface area (Å²) in [4.78, 5) is 18.2. The topological polar surface area (TPSA) is 82.8 Å². The van der Waals surface area contributed by atoms with Gasteiger partial charge in [0.25, 0.3) is 0 Å². The smallest absolute Gasteiger partial charge is 0.227 e. The highest BCUT2D eigenvalue weighted by molar-refractivity contribution is 7.99. The molecule has 2 aromatic rings. The number of rotatable bonds is 13. The molecule has 0 spiro atoms. The molecule has 0 bridgehead atoms. The van der Waals surface area contributed by atoms with Crippen LogP contribution in [0.25, 0.3) is 5.70 Å². The van der Waals surface area contributed by atoms with Crippen molar-refractivity contribution in [2.75, 3.05) is 28.3 Å². The number of amides is 1. The lowest BCUT2D eigenvalue weighted by Crippen LogP contribution is -2.30. The predicted molar refractivity (Wildman–Crippen MR) is 151 cm³/mol. The SMILES string of the molecule is C=N/C=C\C=C(/C)n1cc(N(CC)C(=O)CCSCCC(O)Nc2c(C)cc(C)cc2C)c(Cl)n1. The molecule has 1 heterocycles. The van der Waals surface area contributed by atoms with Crippen molar-refractivity contribution in [3.63, 3.8) is 0 Å². The highest BCUT2D eigenvalue weighted by atomic mass is 35.5. The number of hydrogen-bond acceptors (Lipinski definition) is 6. The standard InChI is InChI=1S/C26H36ClN5O2S/c1-7-31(22-17-32(30-26(22)27)21(5)9-8-12-28-6)24(34)11-14-35-13-10-23(33)29-25-19(3)15-18(2)16-20(25)4/h8-9,12,15-17,23,29,33H,6-7,10-11,13-14H2,1-5H3/b12-8-,21-9+. The van der Waals surface area contributed by atoms with Crippen molar-refractivity contribution >= 4 is 53.1 Å². The third-order valence-electron chi connectivity index (χ3n) is 5.43. The average molecular weight is 518 g/mol. The van der Waals surface area contributed by atoms with Crippen molar-refractivity contribution < 1.29 is 9.90 Å². The summed E-state index contributed by atoms with van der Waals surface area (Å²) in [6.45, 7) is 13.8. The average Bonchev–Trinajstić information content (AvgIpc) is 3.18. The molecule has 9 heteroatoms. The number of benzene rings is 1. The van der Waals surface area contributed by atoms with Gasteiger partial charge in [-0.3, -0.25) is 9.79 Å². The minimum Gasteiger partial charge on any atom is -0.374 e. The largest absolute Gasteiger partial charge is 0.374 e. The number of aliphatic hydroxyl groups excluding tert-OH is 1. The van der Waals surface area contributed by atoms with Crippen molar-refractivity contribution in [1.82, 2.24) is 9.78 Å². The first kappa shape index (κ1) is 28.7. The molecule has 35 heavy (non-hydrogen) atoms. The van der Waals surface area contributed by atoms with Gasteiger partial charge in [-0.2, -0.15) is 16.9 Å². The molecule has 0 fully saturated rings. The van der Waals surface area contributed by atoms with Crippen LogP contribution in [0.15, 0.2) is 41.7 Å². The lowest BCUT2D eigenvalue weighted by atomic mass is 10.0. The number of carbonyl (C=O) groups excluding carboxylic acids is 1. The monoisotopic (exact) mass is 517 g/mol. The van der Waals surface area contributed by atoms with E-state index in [4.69, 9.17) is 11.6 Å². The number of thioether (sulfide) groups is 1. The summed E-state index contributed by atoms with van der Waals surface area (Å²) in [5.74, 6) is 1.39. The number of aromatic nitrogens is 2. The van der Waals surface area contributed by atoms with E-state index in [0.717, 1.165) is 28.3 Å². The fourth-order valence-electron chi connectivity index (χ4n) is 3.74.